The number of nitro groups is 1. The molecule has 1 N–H and O–H groups in total. The van der Waals surface area contributed by atoms with Crippen LogP contribution in [0.15, 0.2) is 85.2 Å². The van der Waals surface area contributed by atoms with Gasteiger partial charge in [0.1, 0.15) is 5.54 Å². The third-order valence-electron chi connectivity index (χ3n) is 9.55. The number of nitrogens with zero attached hydrogens (tertiary/aromatic N) is 3. The van der Waals surface area contributed by atoms with Crippen molar-refractivity contribution in [1.29, 1.82) is 0 Å². The van der Waals surface area contributed by atoms with E-state index in [9.17, 15) is 14.9 Å². The number of aromatic nitrogens is 1. The van der Waals surface area contributed by atoms with E-state index in [2.05, 4.69) is 10.3 Å². The van der Waals surface area contributed by atoms with Gasteiger partial charge in [0.05, 0.1) is 24.6 Å². The Morgan fingerprint density at radius 1 is 0.953 bits per heavy atom. The Morgan fingerprint density at radius 3 is 2.33 bits per heavy atom. The Balaban J connectivity index is 1.61. The molecule has 2 aliphatic heterocycles. The van der Waals surface area contributed by atoms with E-state index in [0.29, 0.717) is 28.3 Å². The van der Waals surface area contributed by atoms with Gasteiger partial charge in [-0.25, -0.2) is 0 Å². The number of non-ortho nitro benzene ring substituents is 1. The summed E-state index contributed by atoms with van der Waals surface area (Å²) < 4.78 is 11.2. The summed E-state index contributed by atoms with van der Waals surface area (Å²) >= 11 is 0. The Bertz CT molecular complexity index is 1810. The molecule has 216 valence electrons. The lowest BCUT2D eigenvalue weighted by molar-refractivity contribution is -0.385. The molecule has 1 saturated heterocycles. The van der Waals surface area contributed by atoms with Crippen molar-refractivity contribution in [3.63, 3.8) is 0 Å². The molecule has 1 amide bonds. The van der Waals surface area contributed by atoms with Crippen molar-refractivity contribution < 1.29 is 24.0 Å². The van der Waals surface area contributed by atoms with Gasteiger partial charge in [-0.2, -0.15) is 0 Å². The number of hydrogen-bond acceptors (Lipinski definition) is 8. The number of carbonyl (C=O) groups is 2. The van der Waals surface area contributed by atoms with Gasteiger partial charge in [0.25, 0.3) is 11.6 Å². The number of amides is 1. The van der Waals surface area contributed by atoms with E-state index in [1.165, 1.54) is 26.4 Å². The molecule has 3 aliphatic rings. The summed E-state index contributed by atoms with van der Waals surface area (Å²) in [7, 11) is 4.88. The second kappa shape index (κ2) is 9.47. The first-order chi connectivity index (χ1) is 20.8. The zero-order valence-corrected chi connectivity index (χ0v) is 23.7. The number of Topliss-reactive ketones (excluding diaryl/α,β-unsaturated/α-hetero) is 1. The molecule has 3 heterocycles. The second-order valence-corrected chi connectivity index (χ2v) is 11.2. The van der Waals surface area contributed by atoms with Gasteiger partial charge in [0, 0.05) is 53.3 Å². The molecule has 1 fully saturated rings. The number of benzene rings is 3. The highest BCUT2D eigenvalue weighted by Crippen LogP contribution is 2.72. The summed E-state index contributed by atoms with van der Waals surface area (Å²) in [5.74, 6) is -0.304. The van der Waals surface area contributed by atoms with Crippen LogP contribution in [0.1, 0.15) is 44.6 Å². The summed E-state index contributed by atoms with van der Waals surface area (Å²) in [6, 6.07) is 20.9. The fourth-order valence-corrected chi connectivity index (χ4v) is 7.97. The molecular formula is C33H28N4O6. The largest absolute Gasteiger partial charge is 0.493 e. The van der Waals surface area contributed by atoms with Crippen LogP contribution in [0.3, 0.4) is 0 Å². The smallest absolute Gasteiger partial charge is 0.269 e. The maximum atomic E-state index is 15.3. The fourth-order valence-electron chi connectivity index (χ4n) is 7.97. The molecule has 43 heavy (non-hydrogen) atoms. The number of ether oxygens (including phenoxy) is 2. The highest BCUT2D eigenvalue weighted by Gasteiger charge is 2.78. The Kier molecular flexibility index (Phi) is 5.90. The predicted octanol–water partition coefficient (Wildman–Crippen LogP) is 5.05. The number of likely N-dealkylation sites (tertiary alicyclic amines) is 1. The Morgan fingerprint density at radius 2 is 1.65 bits per heavy atom. The van der Waals surface area contributed by atoms with Gasteiger partial charge in [-0.15, -0.1) is 0 Å². The minimum Gasteiger partial charge on any atom is -0.493 e. The molecule has 0 bridgehead atoms. The van der Waals surface area contributed by atoms with Gasteiger partial charge in [0.15, 0.2) is 17.3 Å². The van der Waals surface area contributed by atoms with Crippen LogP contribution in [0, 0.1) is 15.5 Å². The van der Waals surface area contributed by atoms with Crippen LogP contribution >= 0.6 is 0 Å². The van der Waals surface area contributed by atoms with Gasteiger partial charge in [-0.1, -0.05) is 30.3 Å². The lowest BCUT2D eigenvalue weighted by atomic mass is 9.57. The Hall–Kier alpha value is -5.09. The van der Waals surface area contributed by atoms with Crippen LogP contribution in [0.2, 0.25) is 0 Å². The normalized spacial score (nSPS) is 25.6. The number of rotatable bonds is 5. The highest BCUT2D eigenvalue weighted by atomic mass is 16.6. The second-order valence-electron chi connectivity index (χ2n) is 11.2. The average Bonchev–Trinajstić information content (AvgIpc) is 3.58. The van der Waals surface area contributed by atoms with Crippen molar-refractivity contribution in [2.75, 3.05) is 26.6 Å². The molecule has 4 aromatic rings. The number of carbonyl (C=O) groups excluding carboxylic acids is 2. The first-order valence-corrected chi connectivity index (χ1v) is 13.9. The first-order valence-electron chi connectivity index (χ1n) is 13.9. The molecule has 0 radical (unpaired) electrons. The molecular weight excluding hydrogens is 548 g/mol. The number of pyridine rings is 1. The summed E-state index contributed by atoms with van der Waals surface area (Å²) in [5, 5.41) is 15.0. The summed E-state index contributed by atoms with van der Waals surface area (Å²) in [6.45, 7) is 0. The van der Waals surface area contributed by atoms with Crippen molar-refractivity contribution in [3.8, 4) is 11.5 Å². The number of hydrogen-bond donors (Lipinski definition) is 1. The number of likely N-dealkylation sites (N-methyl/N-ethyl adjacent to an activating group) is 1. The van der Waals surface area contributed by atoms with Crippen LogP contribution in [0.5, 0.6) is 11.5 Å². The van der Waals surface area contributed by atoms with Crippen LogP contribution in [0.25, 0.3) is 0 Å². The standard InChI is InChI=1S/C33H28N4O6/c1-36-29(20-7-5-4-6-8-20)28(19-11-13-34-14-12-19)32(18-21-15-26(42-2)27(43-3)17-23(21)30(32)38)33(36)24-16-22(37(40)41)9-10-25(24)35-31(33)39/h4-17,28-29H,18H2,1-3H3,(H,35,39). The van der Waals surface area contributed by atoms with E-state index in [0.717, 1.165) is 16.7 Å². The van der Waals surface area contributed by atoms with E-state index < -0.39 is 33.7 Å². The fraction of sp³-hybridized carbons (Fsp3) is 0.242. The van der Waals surface area contributed by atoms with Crippen molar-refractivity contribution in [3.05, 3.63) is 123 Å². The maximum absolute atomic E-state index is 15.3. The minimum atomic E-state index is -1.60. The molecule has 7 rings (SSSR count). The molecule has 2 spiro atoms. The molecule has 1 aliphatic carbocycles. The highest BCUT2D eigenvalue weighted by molar-refractivity contribution is 6.16. The van der Waals surface area contributed by atoms with Crippen LogP contribution in [0.4, 0.5) is 11.4 Å². The molecule has 10 heteroatoms. The molecule has 1 aromatic heterocycles. The van der Waals surface area contributed by atoms with Crippen LogP contribution in [-0.2, 0) is 16.8 Å². The van der Waals surface area contributed by atoms with Crippen LogP contribution < -0.4 is 14.8 Å². The lowest BCUT2D eigenvalue weighted by Gasteiger charge is -2.43. The van der Waals surface area contributed by atoms with E-state index in [-0.39, 0.29) is 17.9 Å². The number of methoxy groups -OCH3 is 2. The molecule has 4 unspecified atom stereocenters. The van der Waals surface area contributed by atoms with Gasteiger partial charge in [-0.3, -0.25) is 29.6 Å². The summed E-state index contributed by atoms with van der Waals surface area (Å²) in [6.07, 6.45) is 3.56. The van der Waals surface area contributed by atoms with Crippen LogP contribution in [-0.4, -0.2) is 47.8 Å². The maximum Gasteiger partial charge on any atom is 0.269 e. The monoisotopic (exact) mass is 576 g/mol. The molecule has 10 nitrogen and oxygen atoms in total. The van der Waals surface area contributed by atoms with E-state index >= 15 is 4.79 Å². The topological polar surface area (TPSA) is 124 Å². The van der Waals surface area contributed by atoms with E-state index in [4.69, 9.17) is 9.47 Å². The average molecular weight is 577 g/mol. The Labute approximate surface area is 247 Å². The quantitative estimate of drug-likeness (QED) is 0.259. The molecule has 4 atom stereocenters. The minimum absolute atomic E-state index is 0.159. The summed E-state index contributed by atoms with van der Waals surface area (Å²) in [4.78, 5) is 47.7. The first kappa shape index (κ1) is 26.8. The zero-order chi connectivity index (χ0) is 30.1. The van der Waals surface area contributed by atoms with Crippen molar-refractivity contribution >= 4 is 23.1 Å². The number of ketones is 1. The van der Waals surface area contributed by atoms with Crippen molar-refractivity contribution in [2.45, 2.75) is 23.9 Å². The third kappa shape index (κ3) is 3.35. The lowest BCUT2D eigenvalue weighted by Crippen LogP contribution is -2.58. The zero-order valence-electron chi connectivity index (χ0n) is 23.7. The predicted molar refractivity (Wildman–Crippen MR) is 157 cm³/mol. The van der Waals surface area contributed by atoms with Crippen molar-refractivity contribution in [2.24, 2.45) is 5.41 Å². The SMILES string of the molecule is COc1cc2c(cc1OC)C(=O)C1(C2)C(c2ccncc2)C(c2ccccc2)N(C)C12C(=O)Nc1ccc([N+](=O)[O-])cc12. The number of nitro benzene ring substituents is 1. The van der Waals surface area contributed by atoms with Gasteiger partial charge < -0.3 is 14.8 Å². The van der Waals surface area contributed by atoms with E-state index in [1.54, 1.807) is 30.6 Å². The molecule has 0 saturated carbocycles. The third-order valence-corrected chi connectivity index (χ3v) is 9.55. The summed E-state index contributed by atoms with van der Waals surface area (Å²) in [5.41, 5.74) is 0.586. The van der Waals surface area contributed by atoms with Gasteiger partial charge >= 0.3 is 0 Å². The van der Waals surface area contributed by atoms with Gasteiger partial charge in [-0.05, 0) is 60.5 Å². The molecule has 3 aromatic carbocycles. The number of anilines is 1. The van der Waals surface area contributed by atoms with Gasteiger partial charge in [0.2, 0.25) is 0 Å². The number of fused-ring (bicyclic) bond motifs is 4. The van der Waals surface area contributed by atoms with E-state index in [1.807, 2.05) is 54.4 Å². The number of nitrogens with one attached hydrogen (secondary N) is 1. The van der Waals surface area contributed by atoms with Crippen molar-refractivity contribution in [1.82, 2.24) is 9.88 Å².